The van der Waals surface area contributed by atoms with E-state index >= 15 is 0 Å². The fourth-order valence-electron chi connectivity index (χ4n) is 7.07. The average molecular weight is 666 g/mol. The van der Waals surface area contributed by atoms with Crippen LogP contribution < -0.4 is 4.90 Å². The van der Waals surface area contributed by atoms with Crippen LogP contribution in [-0.2, 0) is 0 Å². The highest BCUT2D eigenvalue weighted by Gasteiger charge is 2.19. The van der Waals surface area contributed by atoms with Crippen LogP contribution >= 0.6 is 0 Å². The van der Waals surface area contributed by atoms with E-state index in [2.05, 4.69) is 199 Å². The summed E-state index contributed by atoms with van der Waals surface area (Å²) in [5.74, 6) is 0.871. The predicted molar refractivity (Wildman–Crippen MR) is 218 cm³/mol. The molecule has 0 atom stereocenters. The van der Waals surface area contributed by atoms with Gasteiger partial charge in [-0.15, -0.1) is 0 Å². The molecule has 0 amide bonds. The molecule has 0 unspecified atom stereocenters. The maximum atomic E-state index is 6.22. The topological polar surface area (TPSA) is 16.4 Å². The predicted octanol–water partition coefficient (Wildman–Crippen LogP) is 14.2. The third-order valence-corrected chi connectivity index (χ3v) is 9.65. The molecule has 0 N–H and O–H groups in total. The molecule has 1 heterocycles. The van der Waals surface area contributed by atoms with Crippen molar-refractivity contribution < 1.29 is 4.42 Å². The minimum Gasteiger partial charge on any atom is -0.456 e. The number of rotatable bonds is 8. The van der Waals surface area contributed by atoms with Crippen LogP contribution in [0.5, 0.6) is 0 Å². The minimum atomic E-state index is 0.871. The highest BCUT2D eigenvalue weighted by molar-refractivity contribution is 5.91. The Bertz CT molecular complexity index is 2510. The first-order valence-corrected chi connectivity index (χ1v) is 17.7. The normalized spacial score (nSPS) is 11.1. The van der Waals surface area contributed by atoms with Crippen molar-refractivity contribution in [3.63, 3.8) is 0 Å². The fourth-order valence-corrected chi connectivity index (χ4v) is 7.07. The Kier molecular flexibility index (Phi) is 8.24. The lowest BCUT2D eigenvalue weighted by Crippen LogP contribution is -2.11. The number of anilines is 3. The van der Waals surface area contributed by atoms with Crippen LogP contribution in [0, 0.1) is 0 Å². The van der Waals surface area contributed by atoms with Crippen LogP contribution in [0.1, 0.15) is 0 Å². The van der Waals surface area contributed by atoms with E-state index in [-0.39, 0.29) is 0 Å². The van der Waals surface area contributed by atoms with Crippen LogP contribution in [0.4, 0.5) is 17.1 Å². The van der Waals surface area contributed by atoms with Crippen molar-refractivity contribution in [1.29, 1.82) is 0 Å². The molecule has 0 spiro atoms. The van der Waals surface area contributed by atoms with Crippen LogP contribution in [0.2, 0.25) is 0 Å². The van der Waals surface area contributed by atoms with Gasteiger partial charge in [-0.25, -0.2) is 0 Å². The Morgan fingerprint density at radius 1 is 0.308 bits per heavy atom. The number of benzene rings is 8. The molecule has 0 bridgehead atoms. The lowest BCUT2D eigenvalue weighted by atomic mass is 9.96. The van der Waals surface area contributed by atoms with Crippen molar-refractivity contribution in [3.8, 4) is 55.8 Å². The first kappa shape index (κ1) is 31.1. The molecule has 246 valence electrons. The van der Waals surface area contributed by atoms with Gasteiger partial charge in [-0.05, 0) is 93.5 Å². The number of nitrogens with zero attached hydrogens (tertiary/aromatic N) is 1. The highest BCUT2D eigenvalue weighted by Crippen LogP contribution is 2.44. The van der Waals surface area contributed by atoms with Crippen molar-refractivity contribution in [1.82, 2.24) is 0 Å². The number of furan rings is 1. The third kappa shape index (κ3) is 6.19. The van der Waals surface area contributed by atoms with E-state index in [0.717, 1.165) is 67.2 Å². The largest absolute Gasteiger partial charge is 0.456 e. The molecule has 2 nitrogen and oxygen atoms in total. The van der Waals surface area contributed by atoms with Crippen molar-refractivity contribution in [3.05, 3.63) is 212 Å². The van der Waals surface area contributed by atoms with Gasteiger partial charge in [0.05, 0.1) is 5.69 Å². The van der Waals surface area contributed by atoms with Gasteiger partial charge in [0.1, 0.15) is 11.3 Å². The maximum Gasteiger partial charge on any atom is 0.135 e. The molecule has 0 aliphatic rings. The Hall–Kier alpha value is -6.90. The Balaban J connectivity index is 1.19. The zero-order valence-corrected chi connectivity index (χ0v) is 28.6. The molecule has 0 aliphatic heterocycles. The SMILES string of the molecule is c1ccc(-c2cc(-c3ccccc3)cc(N(c3ccc(-c4cccc(-c5cc6ccccc6o5)c4)cc3)c3ccccc3-c3ccccc3)c2)cc1. The monoisotopic (exact) mass is 665 g/mol. The van der Waals surface area contributed by atoms with Gasteiger partial charge in [0.25, 0.3) is 0 Å². The van der Waals surface area contributed by atoms with E-state index in [4.69, 9.17) is 4.42 Å². The molecule has 0 aliphatic carbocycles. The zero-order chi connectivity index (χ0) is 34.7. The zero-order valence-electron chi connectivity index (χ0n) is 28.6. The second-order valence-electron chi connectivity index (χ2n) is 13.0. The molecule has 9 rings (SSSR count). The first-order valence-electron chi connectivity index (χ1n) is 17.7. The van der Waals surface area contributed by atoms with Crippen molar-refractivity contribution in [2.24, 2.45) is 0 Å². The van der Waals surface area contributed by atoms with Crippen molar-refractivity contribution >= 4 is 28.0 Å². The van der Waals surface area contributed by atoms with Gasteiger partial charge in [0, 0.05) is 27.9 Å². The summed E-state index contributed by atoms with van der Waals surface area (Å²) in [6, 6.07) is 75.4. The number of para-hydroxylation sites is 2. The van der Waals surface area contributed by atoms with E-state index in [1.54, 1.807) is 0 Å². The third-order valence-electron chi connectivity index (χ3n) is 9.65. The van der Waals surface area contributed by atoms with Gasteiger partial charge < -0.3 is 9.32 Å². The lowest BCUT2D eigenvalue weighted by Gasteiger charge is -2.29. The standard InChI is InChI=1S/C50H35NO/c1-4-15-36(16-5-1)43-32-44(37-17-6-2-7-18-37)34-46(33-43)51(48-25-12-11-24-47(48)39-19-8-3-9-20-39)45-29-27-38(28-30-45)40-22-14-23-41(31-40)50-35-42-21-10-13-26-49(42)52-50/h1-35H. The molecule has 8 aromatic carbocycles. The maximum absolute atomic E-state index is 6.22. The van der Waals surface area contributed by atoms with Crippen LogP contribution in [0.25, 0.3) is 66.8 Å². The van der Waals surface area contributed by atoms with Crippen LogP contribution in [0.15, 0.2) is 217 Å². The second-order valence-corrected chi connectivity index (χ2v) is 13.0. The van der Waals surface area contributed by atoms with Crippen molar-refractivity contribution in [2.45, 2.75) is 0 Å². The van der Waals surface area contributed by atoms with E-state index in [0.29, 0.717) is 0 Å². The molecule has 0 radical (unpaired) electrons. The molecule has 0 saturated carbocycles. The highest BCUT2D eigenvalue weighted by atomic mass is 16.3. The smallest absolute Gasteiger partial charge is 0.135 e. The van der Waals surface area contributed by atoms with Gasteiger partial charge in [-0.1, -0.05) is 158 Å². The number of hydrogen-bond acceptors (Lipinski definition) is 2. The van der Waals surface area contributed by atoms with Gasteiger partial charge >= 0.3 is 0 Å². The minimum absolute atomic E-state index is 0.871. The molecule has 52 heavy (non-hydrogen) atoms. The summed E-state index contributed by atoms with van der Waals surface area (Å²) in [6.07, 6.45) is 0. The van der Waals surface area contributed by atoms with Gasteiger partial charge in [-0.2, -0.15) is 0 Å². The molecular weight excluding hydrogens is 631 g/mol. The van der Waals surface area contributed by atoms with Crippen LogP contribution in [0.3, 0.4) is 0 Å². The molecule has 2 heteroatoms. The van der Waals surface area contributed by atoms with Gasteiger partial charge in [-0.3, -0.25) is 0 Å². The van der Waals surface area contributed by atoms with Crippen LogP contribution in [-0.4, -0.2) is 0 Å². The Labute approximate surface area is 304 Å². The summed E-state index contributed by atoms with van der Waals surface area (Å²) < 4.78 is 6.22. The molecule has 0 saturated heterocycles. The van der Waals surface area contributed by atoms with E-state index in [1.165, 1.54) is 16.7 Å². The molecular formula is C50H35NO. The Morgan fingerprint density at radius 3 is 1.50 bits per heavy atom. The van der Waals surface area contributed by atoms with E-state index < -0.39 is 0 Å². The molecule has 0 fully saturated rings. The quantitative estimate of drug-likeness (QED) is 0.161. The number of fused-ring (bicyclic) bond motifs is 1. The fraction of sp³-hybridized carbons (Fsp3) is 0. The van der Waals surface area contributed by atoms with Gasteiger partial charge in [0.2, 0.25) is 0 Å². The summed E-state index contributed by atoms with van der Waals surface area (Å²) in [4.78, 5) is 2.40. The van der Waals surface area contributed by atoms with E-state index in [1.807, 2.05) is 18.2 Å². The van der Waals surface area contributed by atoms with Crippen molar-refractivity contribution in [2.75, 3.05) is 4.90 Å². The summed E-state index contributed by atoms with van der Waals surface area (Å²) in [5.41, 5.74) is 14.5. The second kappa shape index (κ2) is 13.8. The average Bonchev–Trinajstić information content (AvgIpc) is 3.67. The molecule has 9 aromatic rings. The summed E-state index contributed by atoms with van der Waals surface area (Å²) in [7, 11) is 0. The van der Waals surface area contributed by atoms with E-state index in [9.17, 15) is 0 Å². The summed E-state index contributed by atoms with van der Waals surface area (Å²) in [6.45, 7) is 0. The lowest BCUT2D eigenvalue weighted by molar-refractivity contribution is 0.631. The van der Waals surface area contributed by atoms with Gasteiger partial charge in [0.15, 0.2) is 0 Å². The number of hydrogen-bond donors (Lipinski definition) is 0. The Morgan fingerprint density at radius 2 is 0.827 bits per heavy atom. The summed E-state index contributed by atoms with van der Waals surface area (Å²) >= 11 is 0. The first-order chi connectivity index (χ1) is 25.8. The molecule has 1 aromatic heterocycles. The summed E-state index contributed by atoms with van der Waals surface area (Å²) in [5, 5.41) is 1.11.